The standard InChI is InChI=1S/C20H38N6O3/c1-2-23-16(14-15-8-4-3-5-9-15)19(28)26-12-7-6-10-17(26)18(27)24-11-13-29-25-20(21)22/h15-17,23H,2-14H2,1H3,(H,24,27)(H4,21,22,25)/t16-,17+/m1/s1. The molecular weight excluding hydrogens is 372 g/mol. The summed E-state index contributed by atoms with van der Waals surface area (Å²) in [6.45, 7) is 3.86. The number of nitrogens with zero attached hydrogens (tertiary/aromatic N) is 2. The van der Waals surface area contributed by atoms with Crippen molar-refractivity contribution in [3.8, 4) is 0 Å². The SMILES string of the molecule is CCN[C@H](CC1CCCCC1)C(=O)N1CCCC[C@H]1C(=O)NCCON=C(N)N. The maximum absolute atomic E-state index is 13.3. The minimum absolute atomic E-state index is 0.0639. The first-order valence-corrected chi connectivity index (χ1v) is 11.0. The van der Waals surface area contributed by atoms with Crippen molar-refractivity contribution in [3.63, 3.8) is 0 Å². The molecule has 1 saturated carbocycles. The van der Waals surface area contributed by atoms with Gasteiger partial charge in [-0.15, -0.1) is 0 Å². The molecule has 1 heterocycles. The summed E-state index contributed by atoms with van der Waals surface area (Å²) in [7, 11) is 0. The molecule has 1 aliphatic carbocycles. The number of piperidine rings is 1. The van der Waals surface area contributed by atoms with Crippen LogP contribution in [0.2, 0.25) is 0 Å². The summed E-state index contributed by atoms with van der Waals surface area (Å²) in [5.41, 5.74) is 10.4. The van der Waals surface area contributed by atoms with E-state index in [2.05, 4.69) is 15.8 Å². The summed E-state index contributed by atoms with van der Waals surface area (Å²) in [4.78, 5) is 32.7. The van der Waals surface area contributed by atoms with Crippen LogP contribution in [0.15, 0.2) is 5.16 Å². The summed E-state index contributed by atoms with van der Waals surface area (Å²) >= 11 is 0. The van der Waals surface area contributed by atoms with Crippen LogP contribution in [0.3, 0.4) is 0 Å². The number of rotatable bonds is 10. The molecule has 0 bridgehead atoms. The van der Waals surface area contributed by atoms with E-state index in [1.165, 1.54) is 32.1 Å². The molecule has 0 aromatic rings. The molecule has 0 radical (unpaired) electrons. The minimum atomic E-state index is -0.424. The Morgan fingerprint density at radius 1 is 1.14 bits per heavy atom. The molecule has 0 aromatic carbocycles. The number of nitrogens with one attached hydrogen (secondary N) is 2. The zero-order valence-corrected chi connectivity index (χ0v) is 17.7. The highest BCUT2D eigenvalue weighted by molar-refractivity contribution is 5.90. The van der Waals surface area contributed by atoms with Crippen molar-refractivity contribution in [1.82, 2.24) is 15.5 Å². The van der Waals surface area contributed by atoms with Crippen molar-refractivity contribution in [3.05, 3.63) is 0 Å². The number of nitrogens with two attached hydrogens (primary N) is 2. The Kier molecular flexibility index (Phi) is 10.0. The van der Waals surface area contributed by atoms with Gasteiger partial charge in [-0.1, -0.05) is 39.0 Å². The van der Waals surface area contributed by atoms with Crippen molar-refractivity contribution >= 4 is 17.8 Å². The topological polar surface area (TPSA) is 135 Å². The Hall–Kier alpha value is -2.03. The highest BCUT2D eigenvalue weighted by Crippen LogP contribution is 2.28. The van der Waals surface area contributed by atoms with E-state index in [1.54, 1.807) is 4.90 Å². The lowest BCUT2D eigenvalue weighted by atomic mass is 9.84. The Morgan fingerprint density at radius 2 is 1.86 bits per heavy atom. The van der Waals surface area contributed by atoms with Gasteiger partial charge in [-0.3, -0.25) is 9.59 Å². The summed E-state index contributed by atoms with van der Waals surface area (Å²) in [5, 5.41) is 9.63. The lowest BCUT2D eigenvalue weighted by Gasteiger charge is -2.38. The smallest absolute Gasteiger partial charge is 0.242 e. The summed E-state index contributed by atoms with van der Waals surface area (Å²) in [5.74, 6) is 0.364. The van der Waals surface area contributed by atoms with Gasteiger partial charge in [-0.25, -0.2) is 0 Å². The number of carbonyl (C=O) groups is 2. The van der Waals surface area contributed by atoms with Crippen LogP contribution in [0.25, 0.3) is 0 Å². The lowest BCUT2D eigenvalue weighted by molar-refractivity contribution is -0.144. The molecule has 9 nitrogen and oxygen atoms in total. The van der Waals surface area contributed by atoms with Crippen LogP contribution in [0.4, 0.5) is 0 Å². The van der Waals surface area contributed by atoms with Gasteiger partial charge in [0.1, 0.15) is 12.6 Å². The molecule has 2 atom stereocenters. The van der Waals surface area contributed by atoms with Crippen molar-refractivity contribution in [2.24, 2.45) is 22.5 Å². The first kappa shape index (κ1) is 23.3. The average molecular weight is 411 g/mol. The molecule has 1 saturated heterocycles. The fourth-order valence-corrected chi connectivity index (χ4v) is 4.40. The number of carbonyl (C=O) groups excluding carboxylic acids is 2. The van der Waals surface area contributed by atoms with Gasteiger partial charge in [-0.2, -0.15) is 0 Å². The van der Waals surface area contributed by atoms with Gasteiger partial charge >= 0.3 is 0 Å². The van der Waals surface area contributed by atoms with Crippen LogP contribution in [-0.2, 0) is 14.4 Å². The summed E-state index contributed by atoms with van der Waals surface area (Å²) < 4.78 is 0. The van der Waals surface area contributed by atoms with Gasteiger partial charge in [0.2, 0.25) is 17.8 Å². The average Bonchev–Trinajstić information content (AvgIpc) is 2.73. The van der Waals surface area contributed by atoms with Crippen LogP contribution < -0.4 is 22.1 Å². The first-order chi connectivity index (χ1) is 14.0. The molecule has 6 N–H and O–H groups in total. The number of likely N-dealkylation sites (tertiary alicyclic amines) is 1. The van der Waals surface area contributed by atoms with E-state index in [0.29, 0.717) is 18.9 Å². The van der Waals surface area contributed by atoms with Crippen LogP contribution in [0, 0.1) is 5.92 Å². The van der Waals surface area contributed by atoms with Crippen molar-refractivity contribution in [2.75, 3.05) is 26.2 Å². The normalized spacial score (nSPS) is 21.3. The molecule has 2 rings (SSSR count). The van der Waals surface area contributed by atoms with E-state index in [-0.39, 0.29) is 37.0 Å². The highest BCUT2D eigenvalue weighted by Gasteiger charge is 2.36. The Balaban J connectivity index is 1.92. The number of oxime groups is 1. The molecule has 2 aliphatic rings. The Morgan fingerprint density at radius 3 is 2.55 bits per heavy atom. The molecule has 0 spiro atoms. The van der Waals surface area contributed by atoms with Gasteiger partial charge in [0.25, 0.3) is 0 Å². The first-order valence-electron chi connectivity index (χ1n) is 11.0. The van der Waals surface area contributed by atoms with Gasteiger partial charge in [0.15, 0.2) is 0 Å². The fourth-order valence-electron chi connectivity index (χ4n) is 4.40. The summed E-state index contributed by atoms with van der Waals surface area (Å²) in [6, 6.07) is -0.631. The van der Waals surface area contributed by atoms with Gasteiger partial charge < -0.3 is 31.8 Å². The number of likely N-dealkylation sites (N-methyl/N-ethyl adjacent to an activating group) is 1. The fraction of sp³-hybridized carbons (Fsp3) is 0.850. The second kappa shape index (κ2) is 12.5. The minimum Gasteiger partial charge on any atom is -0.391 e. The molecule has 0 unspecified atom stereocenters. The molecule has 9 heteroatoms. The van der Waals surface area contributed by atoms with Gasteiger partial charge in [-0.05, 0) is 43.3 Å². The molecule has 2 amide bonds. The highest BCUT2D eigenvalue weighted by atomic mass is 16.6. The predicted molar refractivity (Wildman–Crippen MR) is 113 cm³/mol. The number of hydrogen-bond donors (Lipinski definition) is 4. The quantitative estimate of drug-likeness (QED) is 0.181. The zero-order valence-electron chi connectivity index (χ0n) is 17.7. The maximum atomic E-state index is 13.3. The third-order valence-electron chi connectivity index (χ3n) is 5.79. The largest absolute Gasteiger partial charge is 0.391 e. The van der Waals surface area contributed by atoms with E-state index in [4.69, 9.17) is 16.3 Å². The van der Waals surface area contributed by atoms with Crippen LogP contribution in [-0.4, -0.2) is 61.0 Å². The third-order valence-corrected chi connectivity index (χ3v) is 5.79. The number of guanidine groups is 1. The van der Waals surface area contributed by atoms with E-state index in [9.17, 15) is 9.59 Å². The Bertz CT molecular complexity index is 546. The van der Waals surface area contributed by atoms with Crippen LogP contribution in [0.5, 0.6) is 0 Å². The lowest BCUT2D eigenvalue weighted by Crippen LogP contribution is -2.57. The summed E-state index contributed by atoms with van der Waals surface area (Å²) in [6.07, 6.45) is 9.66. The molecule has 166 valence electrons. The van der Waals surface area contributed by atoms with E-state index < -0.39 is 6.04 Å². The molecule has 1 aliphatic heterocycles. The maximum Gasteiger partial charge on any atom is 0.242 e. The number of amides is 2. The van der Waals surface area contributed by atoms with Crippen molar-refractivity contribution in [1.29, 1.82) is 0 Å². The predicted octanol–water partition coefficient (Wildman–Crippen LogP) is 0.637. The zero-order chi connectivity index (χ0) is 21.1. The van der Waals surface area contributed by atoms with Crippen LogP contribution >= 0.6 is 0 Å². The number of hydrogen-bond acceptors (Lipinski definition) is 5. The molecule has 2 fully saturated rings. The Labute approximate surface area is 173 Å². The molecular formula is C20H38N6O3. The second-order valence-corrected chi connectivity index (χ2v) is 8.03. The van der Waals surface area contributed by atoms with E-state index in [0.717, 1.165) is 25.8 Å². The van der Waals surface area contributed by atoms with Crippen molar-refractivity contribution < 1.29 is 14.4 Å². The molecule has 29 heavy (non-hydrogen) atoms. The second-order valence-electron chi connectivity index (χ2n) is 8.03. The molecule has 0 aromatic heterocycles. The van der Waals surface area contributed by atoms with Crippen molar-refractivity contribution in [2.45, 2.75) is 76.8 Å². The monoisotopic (exact) mass is 410 g/mol. The van der Waals surface area contributed by atoms with E-state index in [1.807, 2.05) is 6.92 Å². The van der Waals surface area contributed by atoms with E-state index >= 15 is 0 Å². The third kappa shape index (κ3) is 7.72. The van der Waals surface area contributed by atoms with Gasteiger partial charge in [0, 0.05) is 6.54 Å². The van der Waals surface area contributed by atoms with Gasteiger partial charge in [0.05, 0.1) is 12.6 Å². The van der Waals surface area contributed by atoms with Crippen LogP contribution in [0.1, 0.15) is 64.7 Å².